The van der Waals surface area contributed by atoms with Gasteiger partial charge in [-0.15, -0.1) is 0 Å². The van der Waals surface area contributed by atoms with E-state index in [4.69, 9.17) is 11.6 Å². The van der Waals surface area contributed by atoms with E-state index in [0.717, 1.165) is 29.0 Å². The highest BCUT2D eigenvalue weighted by Crippen LogP contribution is 2.26. The average Bonchev–Trinajstić information content (AvgIpc) is 2.95. The van der Waals surface area contributed by atoms with Crippen LogP contribution in [0.2, 0.25) is 5.02 Å². The zero-order valence-corrected chi connectivity index (χ0v) is 13.0. The highest BCUT2D eigenvalue weighted by atomic mass is 35.5. The molecule has 5 nitrogen and oxygen atoms in total. The number of halogens is 1. The molecule has 6 heteroatoms. The molecule has 0 amide bonds. The Morgan fingerprint density at radius 3 is 2.95 bits per heavy atom. The van der Waals surface area contributed by atoms with Crippen molar-refractivity contribution in [2.45, 2.75) is 19.4 Å². The number of benzene rings is 1. The first-order valence-corrected chi connectivity index (χ1v) is 7.56. The lowest BCUT2D eigenvalue weighted by Crippen LogP contribution is -2.23. The standard InChI is InChI=1S/C16H17ClN4O/c1-2-13(10-22)19-15-6-7-21-16(20-15)14(9-18-21)11-4-3-5-12(17)8-11/h3-9,13,22H,2,10H2,1H3,(H,19,20). The molecule has 1 aromatic carbocycles. The molecule has 0 fully saturated rings. The van der Waals surface area contributed by atoms with Crippen LogP contribution in [0.1, 0.15) is 13.3 Å². The second-order valence-corrected chi connectivity index (χ2v) is 5.52. The van der Waals surface area contributed by atoms with E-state index in [-0.39, 0.29) is 12.6 Å². The Labute approximate surface area is 133 Å². The molecule has 22 heavy (non-hydrogen) atoms. The summed E-state index contributed by atoms with van der Waals surface area (Å²) in [6.45, 7) is 2.09. The Bertz CT molecular complexity index is 783. The Balaban J connectivity index is 2.02. The molecule has 2 N–H and O–H groups in total. The van der Waals surface area contributed by atoms with Crippen molar-refractivity contribution in [1.82, 2.24) is 14.6 Å². The number of rotatable bonds is 5. The molecule has 0 saturated carbocycles. The summed E-state index contributed by atoms with van der Waals surface area (Å²) < 4.78 is 1.72. The summed E-state index contributed by atoms with van der Waals surface area (Å²) in [6.07, 6.45) is 4.45. The molecule has 2 heterocycles. The zero-order valence-electron chi connectivity index (χ0n) is 12.2. The molecule has 2 aromatic heterocycles. The van der Waals surface area contributed by atoms with Gasteiger partial charge >= 0.3 is 0 Å². The summed E-state index contributed by atoms with van der Waals surface area (Å²) in [4.78, 5) is 4.61. The second kappa shape index (κ2) is 6.34. The molecular weight excluding hydrogens is 300 g/mol. The molecule has 0 spiro atoms. The predicted octanol–water partition coefficient (Wildman–Crippen LogP) is 3.23. The lowest BCUT2D eigenvalue weighted by Gasteiger charge is -2.14. The summed E-state index contributed by atoms with van der Waals surface area (Å²) in [7, 11) is 0. The molecule has 3 rings (SSSR count). The van der Waals surface area contributed by atoms with E-state index in [1.165, 1.54) is 0 Å². The van der Waals surface area contributed by atoms with Gasteiger partial charge in [-0.1, -0.05) is 30.7 Å². The first-order chi connectivity index (χ1) is 10.7. The van der Waals surface area contributed by atoms with Gasteiger partial charge in [-0.2, -0.15) is 5.10 Å². The Hall–Kier alpha value is -2.11. The third-order valence-corrected chi connectivity index (χ3v) is 3.81. The van der Waals surface area contributed by atoms with Crippen LogP contribution in [0.15, 0.2) is 42.7 Å². The molecule has 0 saturated heterocycles. The molecule has 0 radical (unpaired) electrons. The van der Waals surface area contributed by atoms with Crippen molar-refractivity contribution in [1.29, 1.82) is 0 Å². The van der Waals surface area contributed by atoms with E-state index in [1.54, 1.807) is 10.7 Å². The van der Waals surface area contributed by atoms with E-state index in [1.807, 2.05) is 43.5 Å². The van der Waals surface area contributed by atoms with Crippen LogP contribution < -0.4 is 5.32 Å². The molecular formula is C16H17ClN4O. The number of nitrogens with zero attached hydrogens (tertiary/aromatic N) is 3. The largest absolute Gasteiger partial charge is 0.394 e. The summed E-state index contributed by atoms with van der Waals surface area (Å²) in [6, 6.07) is 9.45. The number of aromatic nitrogens is 3. The van der Waals surface area contributed by atoms with Gasteiger partial charge in [-0.05, 0) is 30.2 Å². The van der Waals surface area contributed by atoms with Crippen molar-refractivity contribution < 1.29 is 5.11 Å². The smallest absolute Gasteiger partial charge is 0.165 e. The van der Waals surface area contributed by atoms with Gasteiger partial charge in [0.15, 0.2) is 5.65 Å². The van der Waals surface area contributed by atoms with Gasteiger partial charge in [0, 0.05) is 16.8 Å². The van der Waals surface area contributed by atoms with Gasteiger partial charge in [-0.25, -0.2) is 9.50 Å². The highest BCUT2D eigenvalue weighted by molar-refractivity contribution is 6.30. The van der Waals surface area contributed by atoms with Gasteiger partial charge in [0.1, 0.15) is 5.82 Å². The van der Waals surface area contributed by atoms with Crippen molar-refractivity contribution in [3.05, 3.63) is 47.7 Å². The van der Waals surface area contributed by atoms with Crippen LogP contribution in [0.25, 0.3) is 16.8 Å². The minimum absolute atomic E-state index is 0.00695. The minimum Gasteiger partial charge on any atom is -0.394 e. The van der Waals surface area contributed by atoms with Gasteiger partial charge < -0.3 is 10.4 Å². The maximum Gasteiger partial charge on any atom is 0.165 e. The molecule has 0 aliphatic heterocycles. The van der Waals surface area contributed by atoms with Crippen LogP contribution in [0.3, 0.4) is 0 Å². The lowest BCUT2D eigenvalue weighted by atomic mass is 10.1. The number of nitrogens with one attached hydrogen (secondary N) is 1. The van der Waals surface area contributed by atoms with E-state index < -0.39 is 0 Å². The van der Waals surface area contributed by atoms with Gasteiger partial charge in [0.05, 0.1) is 18.8 Å². The van der Waals surface area contributed by atoms with Gasteiger partial charge in [-0.3, -0.25) is 0 Å². The number of aliphatic hydroxyl groups is 1. The van der Waals surface area contributed by atoms with Crippen LogP contribution >= 0.6 is 11.6 Å². The van der Waals surface area contributed by atoms with Crippen molar-refractivity contribution in [3.63, 3.8) is 0 Å². The van der Waals surface area contributed by atoms with Crippen LogP contribution in [-0.4, -0.2) is 32.4 Å². The summed E-state index contributed by atoms with van der Waals surface area (Å²) in [5.41, 5.74) is 2.64. The fraction of sp³-hybridized carbons (Fsp3) is 0.250. The number of anilines is 1. The van der Waals surface area contributed by atoms with Crippen molar-refractivity contribution >= 4 is 23.1 Å². The van der Waals surface area contributed by atoms with Crippen LogP contribution in [0.4, 0.5) is 5.82 Å². The maximum atomic E-state index is 9.30. The Kier molecular flexibility index (Phi) is 4.27. The molecule has 0 aliphatic carbocycles. The second-order valence-electron chi connectivity index (χ2n) is 5.08. The van der Waals surface area contributed by atoms with E-state index in [2.05, 4.69) is 15.4 Å². The first kappa shape index (κ1) is 14.8. The van der Waals surface area contributed by atoms with Crippen LogP contribution in [0, 0.1) is 0 Å². The number of hydrogen-bond donors (Lipinski definition) is 2. The van der Waals surface area contributed by atoms with Crippen molar-refractivity contribution in [3.8, 4) is 11.1 Å². The Morgan fingerprint density at radius 2 is 2.23 bits per heavy atom. The zero-order chi connectivity index (χ0) is 15.5. The fourth-order valence-electron chi connectivity index (χ4n) is 2.29. The summed E-state index contributed by atoms with van der Waals surface area (Å²) in [5, 5.41) is 17.5. The summed E-state index contributed by atoms with van der Waals surface area (Å²) >= 11 is 6.06. The van der Waals surface area contributed by atoms with Gasteiger partial charge in [0.2, 0.25) is 0 Å². The number of hydrogen-bond acceptors (Lipinski definition) is 4. The number of aliphatic hydroxyl groups excluding tert-OH is 1. The van der Waals surface area contributed by atoms with Gasteiger partial charge in [0.25, 0.3) is 0 Å². The molecule has 0 aliphatic rings. The van der Waals surface area contributed by atoms with Crippen LogP contribution in [0.5, 0.6) is 0 Å². The lowest BCUT2D eigenvalue weighted by molar-refractivity contribution is 0.271. The molecule has 0 bridgehead atoms. The molecule has 3 aromatic rings. The fourth-order valence-corrected chi connectivity index (χ4v) is 2.49. The third kappa shape index (κ3) is 2.91. The average molecular weight is 317 g/mol. The SMILES string of the molecule is CCC(CO)Nc1ccn2ncc(-c3cccc(Cl)c3)c2n1. The highest BCUT2D eigenvalue weighted by Gasteiger charge is 2.11. The molecule has 114 valence electrons. The molecule has 1 unspecified atom stereocenters. The monoisotopic (exact) mass is 316 g/mol. The summed E-state index contributed by atoms with van der Waals surface area (Å²) in [5.74, 6) is 0.720. The topological polar surface area (TPSA) is 62.5 Å². The van der Waals surface area contributed by atoms with Crippen molar-refractivity contribution in [2.75, 3.05) is 11.9 Å². The van der Waals surface area contributed by atoms with Crippen LogP contribution in [-0.2, 0) is 0 Å². The van der Waals surface area contributed by atoms with E-state index >= 15 is 0 Å². The molecule has 1 atom stereocenters. The minimum atomic E-state index is -0.00695. The Morgan fingerprint density at radius 1 is 1.36 bits per heavy atom. The normalized spacial score (nSPS) is 12.5. The quantitative estimate of drug-likeness (QED) is 0.758. The number of fused-ring (bicyclic) bond motifs is 1. The van der Waals surface area contributed by atoms with E-state index in [0.29, 0.717) is 5.02 Å². The van der Waals surface area contributed by atoms with Crippen molar-refractivity contribution in [2.24, 2.45) is 0 Å². The third-order valence-electron chi connectivity index (χ3n) is 3.57. The first-order valence-electron chi connectivity index (χ1n) is 7.19. The predicted molar refractivity (Wildman–Crippen MR) is 88.2 cm³/mol. The maximum absolute atomic E-state index is 9.30. The van der Waals surface area contributed by atoms with E-state index in [9.17, 15) is 5.11 Å².